The third kappa shape index (κ3) is 4.99. The number of carbonyl (C=O) groups is 1. The molecule has 19 heavy (non-hydrogen) atoms. The summed E-state index contributed by atoms with van der Waals surface area (Å²) in [4.78, 5) is 13.2. The molecule has 1 atom stereocenters. The van der Waals surface area contributed by atoms with Crippen LogP contribution in [0.25, 0.3) is 0 Å². The number of carbonyl (C=O) groups excluding carboxylic acids is 1. The van der Waals surface area contributed by atoms with Crippen LogP contribution in [-0.4, -0.2) is 17.8 Å². The zero-order valence-electron chi connectivity index (χ0n) is 11.9. The first-order valence-electron chi connectivity index (χ1n) is 6.62. The van der Waals surface area contributed by atoms with Crippen LogP contribution in [0.2, 0.25) is 0 Å². The predicted octanol–water partition coefficient (Wildman–Crippen LogP) is 4.85. The van der Waals surface area contributed by atoms with E-state index in [1.54, 1.807) is 0 Å². The van der Waals surface area contributed by atoms with Gasteiger partial charge in [-0.15, -0.1) is 11.8 Å². The Balaban J connectivity index is 3.01. The van der Waals surface area contributed by atoms with E-state index in [1.807, 2.05) is 31.7 Å². The Kier molecular flexibility index (Phi) is 7.21. The lowest BCUT2D eigenvalue weighted by molar-refractivity contribution is -0.145. The van der Waals surface area contributed by atoms with Crippen LogP contribution in [0.5, 0.6) is 0 Å². The van der Waals surface area contributed by atoms with Gasteiger partial charge < -0.3 is 4.74 Å². The highest BCUT2D eigenvalue weighted by Gasteiger charge is 2.20. The number of ether oxygens (including phenoxy) is 1. The van der Waals surface area contributed by atoms with E-state index in [-0.39, 0.29) is 11.9 Å². The highest BCUT2D eigenvalue weighted by Crippen LogP contribution is 2.32. The van der Waals surface area contributed by atoms with Crippen LogP contribution in [0.3, 0.4) is 0 Å². The molecule has 0 aliphatic carbocycles. The van der Waals surface area contributed by atoms with Crippen LogP contribution >= 0.6 is 34.4 Å². The van der Waals surface area contributed by atoms with Crippen LogP contribution in [0, 0.1) is 3.57 Å². The molecule has 1 rings (SSSR count). The Bertz CT molecular complexity index is 432. The number of hydrogen-bond donors (Lipinski definition) is 0. The van der Waals surface area contributed by atoms with Gasteiger partial charge in [-0.25, -0.2) is 0 Å². The normalized spacial score (nSPS) is 12.5. The quantitative estimate of drug-likeness (QED) is 0.393. The Morgan fingerprint density at radius 3 is 2.58 bits per heavy atom. The van der Waals surface area contributed by atoms with Crippen LogP contribution < -0.4 is 0 Å². The molecule has 0 spiro atoms. The molecule has 0 saturated heterocycles. The third-order valence-electron chi connectivity index (χ3n) is 2.70. The first-order valence-corrected chi connectivity index (χ1v) is 8.58. The number of thioether (sulfide) groups is 1. The maximum atomic E-state index is 12.0. The number of benzene rings is 1. The first kappa shape index (κ1) is 16.8. The largest absolute Gasteiger partial charge is 0.466 e. The van der Waals surface area contributed by atoms with Gasteiger partial charge in [0.1, 0.15) is 0 Å². The number of hydrogen-bond acceptors (Lipinski definition) is 3. The van der Waals surface area contributed by atoms with Crippen LogP contribution in [-0.2, 0) is 9.53 Å². The summed E-state index contributed by atoms with van der Waals surface area (Å²) in [7, 11) is 0. The van der Waals surface area contributed by atoms with Gasteiger partial charge in [0.05, 0.1) is 12.5 Å². The zero-order valence-corrected chi connectivity index (χ0v) is 14.9. The summed E-state index contributed by atoms with van der Waals surface area (Å²) in [5.41, 5.74) is 1.06. The van der Waals surface area contributed by atoms with Gasteiger partial charge in [0, 0.05) is 13.7 Å². The number of rotatable bonds is 6. The second-order valence-corrected chi connectivity index (χ2v) is 7.35. The molecule has 1 aromatic carbocycles. The summed E-state index contributed by atoms with van der Waals surface area (Å²) >= 11 is 4.18. The molecule has 0 N–H and O–H groups in total. The van der Waals surface area contributed by atoms with Crippen molar-refractivity contribution in [3.63, 3.8) is 0 Å². The number of esters is 1. The molecular weight excluding hydrogens is 371 g/mol. The molecule has 4 heteroatoms. The fourth-order valence-electron chi connectivity index (χ4n) is 1.86. The molecule has 0 amide bonds. The lowest BCUT2D eigenvalue weighted by atomic mass is 9.97. The predicted molar refractivity (Wildman–Crippen MR) is 89.8 cm³/mol. The van der Waals surface area contributed by atoms with Gasteiger partial charge in [-0.1, -0.05) is 26.8 Å². The first-order chi connectivity index (χ1) is 8.99. The maximum absolute atomic E-state index is 12.0. The van der Waals surface area contributed by atoms with E-state index in [4.69, 9.17) is 4.74 Å². The van der Waals surface area contributed by atoms with E-state index in [9.17, 15) is 4.79 Å². The summed E-state index contributed by atoms with van der Waals surface area (Å²) in [5, 5.41) is 0.534. The van der Waals surface area contributed by atoms with Crippen LogP contribution in [0.4, 0.5) is 0 Å². The Morgan fingerprint density at radius 1 is 1.37 bits per heavy atom. The average Bonchev–Trinajstić information content (AvgIpc) is 2.34. The van der Waals surface area contributed by atoms with Crippen molar-refractivity contribution in [2.45, 2.75) is 50.2 Å². The molecule has 0 aliphatic rings. The lowest BCUT2D eigenvalue weighted by Gasteiger charge is -2.16. The standard InChI is InChI=1S/C15H21IO2S/c1-5-12(15(17)18-6-2)11-7-8-13(16)14(9-11)19-10(3)4/h7-10,12H,5-6H2,1-4H3. The van der Waals surface area contributed by atoms with E-state index in [0.29, 0.717) is 11.9 Å². The third-order valence-corrected chi connectivity index (χ3v) is 5.07. The molecule has 106 valence electrons. The minimum absolute atomic E-state index is 0.119. The summed E-state index contributed by atoms with van der Waals surface area (Å²) in [6, 6.07) is 6.26. The van der Waals surface area contributed by atoms with Crippen molar-refractivity contribution in [1.82, 2.24) is 0 Å². The zero-order chi connectivity index (χ0) is 14.4. The van der Waals surface area contributed by atoms with Crippen LogP contribution in [0.1, 0.15) is 45.6 Å². The summed E-state index contributed by atoms with van der Waals surface area (Å²) in [5.74, 6) is -0.268. The molecule has 2 nitrogen and oxygen atoms in total. The Morgan fingerprint density at radius 2 is 2.05 bits per heavy atom. The van der Waals surface area contributed by atoms with E-state index < -0.39 is 0 Å². The molecule has 0 radical (unpaired) electrons. The van der Waals surface area contributed by atoms with Crippen molar-refractivity contribution >= 4 is 40.3 Å². The van der Waals surface area contributed by atoms with E-state index >= 15 is 0 Å². The molecule has 0 fully saturated rings. The Hall–Kier alpha value is -0.230. The molecule has 0 saturated carbocycles. The second kappa shape index (κ2) is 8.15. The highest BCUT2D eigenvalue weighted by molar-refractivity contribution is 14.1. The minimum atomic E-state index is -0.150. The topological polar surface area (TPSA) is 26.3 Å². The van der Waals surface area contributed by atoms with Gasteiger partial charge in [-0.3, -0.25) is 4.79 Å². The van der Waals surface area contributed by atoms with E-state index in [2.05, 4.69) is 48.6 Å². The van der Waals surface area contributed by atoms with Crippen molar-refractivity contribution in [3.05, 3.63) is 27.3 Å². The van der Waals surface area contributed by atoms with Crippen molar-refractivity contribution in [3.8, 4) is 0 Å². The van der Waals surface area contributed by atoms with Gasteiger partial charge in [0.15, 0.2) is 0 Å². The second-order valence-electron chi connectivity index (χ2n) is 4.57. The molecule has 0 bridgehead atoms. The van der Waals surface area contributed by atoms with Crippen molar-refractivity contribution in [2.24, 2.45) is 0 Å². The Labute approximate surface area is 133 Å². The fraction of sp³-hybridized carbons (Fsp3) is 0.533. The molecule has 0 aliphatic heterocycles. The highest BCUT2D eigenvalue weighted by atomic mass is 127. The minimum Gasteiger partial charge on any atom is -0.466 e. The summed E-state index contributed by atoms with van der Waals surface area (Å²) < 4.78 is 6.39. The average molecular weight is 392 g/mol. The molecular formula is C15H21IO2S. The summed E-state index contributed by atoms with van der Waals surface area (Å²) in [6.45, 7) is 8.66. The van der Waals surface area contributed by atoms with Gasteiger partial charge in [-0.2, -0.15) is 0 Å². The monoisotopic (exact) mass is 392 g/mol. The SMILES string of the molecule is CCOC(=O)C(CC)c1ccc(I)c(SC(C)C)c1. The van der Waals surface area contributed by atoms with Gasteiger partial charge in [-0.05, 0) is 53.6 Å². The van der Waals surface area contributed by atoms with Crippen molar-refractivity contribution in [2.75, 3.05) is 6.61 Å². The van der Waals surface area contributed by atoms with Gasteiger partial charge in [0.25, 0.3) is 0 Å². The van der Waals surface area contributed by atoms with Gasteiger partial charge in [0.2, 0.25) is 0 Å². The van der Waals surface area contributed by atoms with Gasteiger partial charge >= 0.3 is 5.97 Å². The molecule has 1 aromatic rings. The van der Waals surface area contributed by atoms with Crippen molar-refractivity contribution in [1.29, 1.82) is 0 Å². The fourth-order valence-corrected chi connectivity index (χ4v) is 3.47. The molecule has 0 aromatic heterocycles. The number of halogens is 1. The van der Waals surface area contributed by atoms with E-state index in [0.717, 1.165) is 12.0 Å². The maximum Gasteiger partial charge on any atom is 0.313 e. The lowest BCUT2D eigenvalue weighted by Crippen LogP contribution is -2.15. The van der Waals surface area contributed by atoms with Crippen molar-refractivity contribution < 1.29 is 9.53 Å². The summed E-state index contributed by atoms with van der Waals surface area (Å²) in [6.07, 6.45) is 0.769. The smallest absolute Gasteiger partial charge is 0.313 e. The molecule has 1 unspecified atom stereocenters. The van der Waals surface area contributed by atoms with Crippen LogP contribution in [0.15, 0.2) is 23.1 Å². The molecule has 0 heterocycles. The van der Waals surface area contributed by atoms with E-state index in [1.165, 1.54) is 8.47 Å².